The Morgan fingerprint density at radius 1 is 1.06 bits per heavy atom. The predicted octanol–water partition coefficient (Wildman–Crippen LogP) is 7.54. The summed E-state index contributed by atoms with van der Waals surface area (Å²) in [6.45, 7) is 2.22. The molecular formula is C36H27BrClIN2O5S. The van der Waals surface area contributed by atoms with Crippen molar-refractivity contribution in [2.45, 2.75) is 19.6 Å². The fourth-order valence-electron chi connectivity index (χ4n) is 5.31. The molecule has 47 heavy (non-hydrogen) atoms. The van der Waals surface area contributed by atoms with Crippen LogP contribution < -0.4 is 24.4 Å². The molecule has 0 fully saturated rings. The third-order valence-corrected chi connectivity index (χ3v) is 9.88. The van der Waals surface area contributed by atoms with Crippen LogP contribution >= 0.6 is 61.5 Å². The van der Waals surface area contributed by atoms with E-state index in [-0.39, 0.29) is 17.7 Å². The lowest BCUT2D eigenvalue weighted by molar-refractivity contribution is -0.138. The maximum absolute atomic E-state index is 14.4. The summed E-state index contributed by atoms with van der Waals surface area (Å²) in [5, 5.41) is 0.626. The Kier molecular flexibility index (Phi) is 10.3. The summed E-state index contributed by atoms with van der Waals surface area (Å²) in [5.74, 6) is 0.743. The van der Waals surface area contributed by atoms with Crippen molar-refractivity contribution < 1.29 is 19.0 Å². The molecule has 238 valence electrons. The first kappa shape index (κ1) is 33.2. The number of hydrogen-bond acceptors (Lipinski definition) is 7. The summed E-state index contributed by atoms with van der Waals surface area (Å²) in [5.41, 5.74) is 3.53. The quantitative estimate of drug-likeness (QED) is 0.113. The highest BCUT2D eigenvalue weighted by Crippen LogP contribution is 2.36. The molecule has 7 nitrogen and oxygen atoms in total. The zero-order chi connectivity index (χ0) is 33.1. The largest absolute Gasteiger partial charge is 0.497 e. The molecule has 1 aliphatic rings. The van der Waals surface area contributed by atoms with E-state index in [0.717, 1.165) is 19.2 Å². The van der Waals surface area contributed by atoms with Crippen molar-refractivity contribution in [1.29, 1.82) is 0 Å². The molecule has 0 unspecified atom stereocenters. The molecule has 0 saturated heterocycles. The van der Waals surface area contributed by atoms with E-state index < -0.39 is 12.0 Å². The Labute approximate surface area is 302 Å². The summed E-state index contributed by atoms with van der Waals surface area (Å²) in [6, 6.07) is 27.3. The summed E-state index contributed by atoms with van der Waals surface area (Å²) >= 11 is 13.3. The third kappa shape index (κ3) is 7.11. The summed E-state index contributed by atoms with van der Waals surface area (Å²) in [7, 11) is 1.59. The highest BCUT2D eigenvalue weighted by Gasteiger charge is 2.35. The van der Waals surface area contributed by atoms with Gasteiger partial charge >= 0.3 is 5.97 Å². The van der Waals surface area contributed by atoms with Crippen molar-refractivity contribution in [1.82, 2.24) is 4.57 Å². The SMILES string of the molecule is CCOC(=O)C1=C(c2ccccc2)N=c2s/c(=C\c3cc(Br)cc(I)c3OCc3cccc(Cl)c3)c(=O)n2[C@H]1c1ccc(OC)cc1. The van der Waals surface area contributed by atoms with Gasteiger partial charge in [-0.25, -0.2) is 9.79 Å². The number of carbonyl (C=O) groups is 1. The number of halogens is 3. The van der Waals surface area contributed by atoms with Gasteiger partial charge in [-0.2, -0.15) is 0 Å². The van der Waals surface area contributed by atoms with Crippen LogP contribution in [0.3, 0.4) is 0 Å². The zero-order valence-electron chi connectivity index (χ0n) is 25.2. The zero-order valence-corrected chi connectivity index (χ0v) is 30.5. The van der Waals surface area contributed by atoms with Gasteiger partial charge in [-0.3, -0.25) is 9.36 Å². The second-order valence-corrected chi connectivity index (χ2v) is 14.0. The Hall–Kier alpha value is -3.71. The molecular weight excluding hydrogens is 815 g/mol. The van der Waals surface area contributed by atoms with E-state index in [1.807, 2.05) is 97.1 Å². The number of fused-ring (bicyclic) bond motifs is 1. The molecule has 0 spiro atoms. The van der Waals surface area contributed by atoms with E-state index in [0.29, 0.717) is 49.3 Å². The molecule has 11 heteroatoms. The number of esters is 1. The van der Waals surface area contributed by atoms with E-state index >= 15 is 0 Å². The van der Waals surface area contributed by atoms with Crippen LogP contribution in [0.1, 0.15) is 35.2 Å². The number of carbonyl (C=O) groups excluding carboxylic acids is 1. The Morgan fingerprint density at radius 2 is 1.83 bits per heavy atom. The first-order valence-electron chi connectivity index (χ1n) is 14.6. The number of ether oxygens (including phenoxy) is 3. The van der Waals surface area contributed by atoms with Gasteiger partial charge in [0.25, 0.3) is 5.56 Å². The molecule has 0 aliphatic carbocycles. The van der Waals surface area contributed by atoms with Gasteiger partial charge in [0.1, 0.15) is 18.1 Å². The van der Waals surface area contributed by atoms with Gasteiger partial charge in [0, 0.05) is 20.6 Å². The van der Waals surface area contributed by atoms with Crippen LogP contribution in [0, 0.1) is 3.57 Å². The van der Waals surface area contributed by atoms with Crippen LogP contribution in [0.4, 0.5) is 0 Å². The molecule has 4 aromatic carbocycles. The molecule has 1 aliphatic heterocycles. The van der Waals surface area contributed by atoms with E-state index in [1.54, 1.807) is 18.6 Å². The van der Waals surface area contributed by atoms with Gasteiger partial charge in [-0.1, -0.05) is 93.5 Å². The van der Waals surface area contributed by atoms with Gasteiger partial charge < -0.3 is 14.2 Å². The van der Waals surface area contributed by atoms with Crippen LogP contribution in [-0.2, 0) is 16.1 Å². The van der Waals surface area contributed by atoms with Crippen LogP contribution in [0.15, 0.2) is 111 Å². The second kappa shape index (κ2) is 14.6. The highest BCUT2D eigenvalue weighted by atomic mass is 127. The Balaban J connectivity index is 1.56. The van der Waals surface area contributed by atoms with Crippen molar-refractivity contribution >= 4 is 79.2 Å². The topological polar surface area (TPSA) is 79.1 Å². The Morgan fingerprint density at radius 3 is 2.53 bits per heavy atom. The van der Waals surface area contributed by atoms with Crippen molar-refractivity contribution in [2.75, 3.05) is 13.7 Å². The molecule has 5 aromatic rings. The molecule has 0 N–H and O–H groups in total. The molecule has 0 amide bonds. The van der Waals surface area contributed by atoms with Crippen molar-refractivity contribution in [3.05, 3.63) is 152 Å². The number of hydrogen-bond donors (Lipinski definition) is 0. The molecule has 1 atom stereocenters. The first-order chi connectivity index (χ1) is 22.8. The number of thiazole rings is 1. The molecule has 0 saturated carbocycles. The minimum absolute atomic E-state index is 0.170. The van der Waals surface area contributed by atoms with Crippen LogP contribution in [-0.4, -0.2) is 24.3 Å². The number of benzene rings is 4. The monoisotopic (exact) mass is 840 g/mol. The molecule has 6 rings (SSSR count). The van der Waals surface area contributed by atoms with Crippen LogP contribution in [0.5, 0.6) is 11.5 Å². The van der Waals surface area contributed by atoms with E-state index in [9.17, 15) is 9.59 Å². The van der Waals surface area contributed by atoms with Gasteiger partial charge in [0.2, 0.25) is 0 Å². The molecule has 1 aromatic heterocycles. The summed E-state index contributed by atoms with van der Waals surface area (Å²) in [4.78, 5) is 33.5. The molecule has 0 bridgehead atoms. The van der Waals surface area contributed by atoms with Gasteiger partial charge in [0.05, 0.1) is 39.1 Å². The minimum atomic E-state index is -0.797. The minimum Gasteiger partial charge on any atom is -0.497 e. The fraction of sp³-hybridized carbons (Fsp3) is 0.139. The lowest BCUT2D eigenvalue weighted by atomic mass is 9.93. The lowest BCUT2D eigenvalue weighted by Crippen LogP contribution is -2.40. The standard InChI is InChI=1S/C36H27BrClIN2O5S/c1-3-45-35(43)30-31(22-9-5-4-6-10-22)40-36-41(32(30)23-12-14-27(44-2)15-13-23)34(42)29(47-36)18-24-17-25(37)19-28(39)33(24)46-20-21-8-7-11-26(38)16-21/h4-19,32H,3,20H2,1-2H3/b29-18-/t32-/m0/s1. The number of aromatic nitrogens is 1. The molecule has 0 radical (unpaired) electrons. The van der Waals surface area contributed by atoms with E-state index in [1.165, 1.54) is 11.3 Å². The van der Waals surface area contributed by atoms with Crippen molar-refractivity contribution in [2.24, 2.45) is 4.99 Å². The smallest absolute Gasteiger partial charge is 0.338 e. The summed E-state index contributed by atoms with van der Waals surface area (Å²) in [6.07, 6.45) is 1.81. The van der Waals surface area contributed by atoms with E-state index in [2.05, 4.69) is 38.5 Å². The number of nitrogens with zero attached hydrogens (tertiary/aromatic N) is 2. The number of rotatable bonds is 9. The first-order valence-corrected chi connectivity index (χ1v) is 17.6. The van der Waals surface area contributed by atoms with Gasteiger partial charge in [-0.05, 0) is 83.1 Å². The molecule has 2 heterocycles. The average molecular weight is 842 g/mol. The second-order valence-electron chi connectivity index (χ2n) is 10.4. The van der Waals surface area contributed by atoms with Gasteiger partial charge in [-0.15, -0.1) is 0 Å². The summed E-state index contributed by atoms with van der Waals surface area (Å²) < 4.78 is 21.0. The average Bonchev–Trinajstić information content (AvgIpc) is 3.38. The normalized spacial score (nSPS) is 14.4. The van der Waals surface area contributed by atoms with E-state index in [4.69, 9.17) is 30.8 Å². The van der Waals surface area contributed by atoms with Gasteiger partial charge in [0.15, 0.2) is 4.80 Å². The maximum atomic E-state index is 14.4. The fourth-order valence-corrected chi connectivity index (χ4v) is 8.22. The Bertz CT molecular complexity index is 2180. The van der Waals surface area contributed by atoms with Crippen LogP contribution in [0.25, 0.3) is 11.8 Å². The third-order valence-electron chi connectivity index (χ3n) is 7.40. The highest BCUT2D eigenvalue weighted by molar-refractivity contribution is 14.1. The van der Waals surface area contributed by atoms with Crippen molar-refractivity contribution in [3.63, 3.8) is 0 Å². The van der Waals surface area contributed by atoms with Crippen molar-refractivity contribution in [3.8, 4) is 11.5 Å². The predicted molar refractivity (Wildman–Crippen MR) is 197 cm³/mol. The number of methoxy groups -OCH3 is 1. The lowest BCUT2D eigenvalue weighted by Gasteiger charge is -2.26. The van der Waals surface area contributed by atoms with Crippen LogP contribution in [0.2, 0.25) is 5.02 Å². The maximum Gasteiger partial charge on any atom is 0.338 e.